The number of pyridine rings is 1. The zero-order valence-electron chi connectivity index (χ0n) is 19.4. The summed E-state index contributed by atoms with van der Waals surface area (Å²) in [6.07, 6.45) is 5.89. The molecule has 1 aromatic heterocycles. The molecule has 3 unspecified atom stereocenters. The summed E-state index contributed by atoms with van der Waals surface area (Å²) in [5, 5.41) is 0. The first-order chi connectivity index (χ1) is 15.5. The van der Waals surface area contributed by atoms with Gasteiger partial charge in [-0.2, -0.15) is 0 Å². The number of hydrogen-bond acceptors (Lipinski definition) is 6. The standard InChI is InChI=1S/C24H38N6O2/c1-19(24(32)30-11-5-7-21(18-30)23(25)31)29-10-4-6-20(17-29)16-27-12-14-28(15-13-27)22-8-2-3-9-26-22/h2-3,8-9,19-21H,4-7,10-18H2,1H3,(H2,25,31). The Hall–Kier alpha value is -2.19. The van der Waals surface area contributed by atoms with Crippen LogP contribution in [0.3, 0.4) is 0 Å². The van der Waals surface area contributed by atoms with Crippen molar-refractivity contribution in [3.63, 3.8) is 0 Å². The van der Waals surface area contributed by atoms with E-state index in [4.69, 9.17) is 5.73 Å². The third kappa shape index (κ3) is 5.59. The van der Waals surface area contributed by atoms with E-state index in [0.717, 1.165) is 77.4 Å². The highest BCUT2D eigenvalue weighted by atomic mass is 16.2. The van der Waals surface area contributed by atoms with Gasteiger partial charge in [-0.15, -0.1) is 0 Å². The predicted octanol–water partition coefficient (Wildman–Crippen LogP) is 1.03. The average Bonchev–Trinajstić information content (AvgIpc) is 2.84. The summed E-state index contributed by atoms with van der Waals surface area (Å²) in [6.45, 7) is 10.4. The predicted molar refractivity (Wildman–Crippen MR) is 125 cm³/mol. The maximum atomic E-state index is 13.1. The van der Waals surface area contributed by atoms with Gasteiger partial charge in [-0.25, -0.2) is 4.98 Å². The molecule has 2 N–H and O–H groups in total. The lowest BCUT2D eigenvalue weighted by molar-refractivity contribution is -0.140. The van der Waals surface area contributed by atoms with Gasteiger partial charge < -0.3 is 15.5 Å². The summed E-state index contributed by atoms with van der Waals surface area (Å²) in [5.41, 5.74) is 5.50. The summed E-state index contributed by atoms with van der Waals surface area (Å²) < 4.78 is 0. The van der Waals surface area contributed by atoms with Crippen molar-refractivity contribution in [2.75, 3.05) is 63.8 Å². The summed E-state index contributed by atoms with van der Waals surface area (Å²) in [4.78, 5) is 38.4. The van der Waals surface area contributed by atoms with E-state index in [1.807, 2.05) is 30.2 Å². The molecule has 3 saturated heterocycles. The molecule has 0 aliphatic carbocycles. The van der Waals surface area contributed by atoms with Crippen LogP contribution in [0.2, 0.25) is 0 Å². The summed E-state index contributed by atoms with van der Waals surface area (Å²) in [5.74, 6) is 1.34. The number of carbonyl (C=O) groups is 2. The highest BCUT2D eigenvalue weighted by Crippen LogP contribution is 2.23. The largest absolute Gasteiger partial charge is 0.369 e. The lowest BCUT2D eigenvalue weighted by Gasteiger charge is -2.42. The van der Waals surface area contributed by atoms with Gasteiger partial charge in [0.25, 0.3) is 0 Å². The zero-order chi connectivity index (χ0) is 22.5. The molecule has 176 valence electrons. The van der Waals surface area contributed by atoms with Gasteiger partial charge in [0.2, 0.25) is 11.8 Å². The van der Waals surface area contributed by atoms with Gasteiger partial charge in [0.1, 0.15) is 5.82 Å². The molecule has 0 aromatic carbocycles. The number of nitrogens with zero attached hydrogens (tertiary/aromatic N) is 5. The van der Waals surface area contributed by atoms with Gasteiger partial charge in [-0.1, -0.05) is 6.07 Å². The van der Waals surface area contributed by atoms with Crippen molar-refractivity contribution in [3.05, 3.63) is 24.4 Å². The Morgan fingerprint density at radius 3 is 2.56 bits per heavy atom. The Morgan fingerprint density at radius 1 is 1.06 bits per heavy atom. The molecule has 3 atom stereocenters. The van der Waals surface area contributed by atoms with E-state index >= 15 is 0 Å². The molecule has 4 heterocycles. The smallest absolute Gasteiger partial charge is 0.239 e. The molecule has 8 nitrogen and oxygen atoms in total. The van der Waals surface area contributed by atoms with Gasteiger partial charge >= 0.3 is 0 Å². The van der Waals surface area contributed by atoms with Gasteiger partial charge in [0.15, 0.2) is 0 Å². The highest BCUT2D eigenvalue weighted by Gasteiger charge is 2.34. The number of aromatic nitrogens is 1. The van der Waals surface area contributed by atoms with Crippen molar-refractivity contribution in [2.24, 2.45) is 17.6 Å². The number of piperidine rings is 2. The van der Waals surface area contributed by atoms with Gasteiger partial charge in [-0.05, 0) is 57.2 Å². The number of amides is 2. The molecule has 3 aliphatic heterocycles. The lowest BCUT2D eigenvalue weighted by Crippen LogP contribution is -2.55. The van der Waals surface area contributed by atoms with E-state index in [1.54, 1.807) is 0 Å². The van der Waals surface area contributed by atoms with Crippen molar-refractivity contribution >= 4 is 17.6 Å². The normalized spacial score (nSPS) is 26.7. The van der Waals surface area contributed by atoms with Crippen molar-refractivity contribution < 1.29 is 9.59 Å². The minimum Gasteiger partial charge on any atom is -0.369 e. The number of rotatable bonds is 6. The Labute approximate surface area is 191 Å². The van der Waals surface area contributed by atoms with Crippen molar-refractivity contribution in [1.82, 2.24) is 19.7 Å². The van der Waals surface area contributed by atoms with Gasteiger partial charge in [0, 0.05) is 58.6 Å². The second-order valence-electron chi connectivity index (χ2n) is 9.68. The third-order valence-electron chi connectivity index (χ3n) is 7.45. The number of likely N-dealkylation sites (tertiary alicyclic amines) is 2. The second kappa shape index (κ2) is 10.6. The lowest BCUT2D eigenvalue weighted by atomic mass is 9.94. The molecule has 3 aliphatic rings. The van der Waals surface area contributed by atoms with Crippen LogP contribution in [0.15, 0.2) is 24.4 Å². The SMILES string of the molecule is CC(C(=O)N1CCCC(C(N)=O)C1)N1CCCC(CN2CCN(c3ccccn3)CC2)C1. The number of hydrogen-bond donors (Lipinski definition) is 1. The topological polar surface area (TPSA) is 86.0 Å². The molecular formula is C24H38N6O2. The molecule has 2 amide bonds. The Balaban J connectivity index is 1.25. The number of piperazine rings is 1. The zero-order valence-corrected chi connectivity index (χ0v) is 19.4. The molecule has 32 heavy (non-hydrogen) atoms. The van der Waals surface area contributed by atoms with Crippen LogP contribution in [-0.4, -0.2) is 96.4 Å². The fourth-order valence-electron chi connectivity index (χ4n) is 5.49. The number of anilines is 1. The summed E-state index contributed by atoms with van der Waals surface area (Å²) in [7, 11) is 0. The third-order valence-corrected chi connectivity index (χ3v) is 7.45. The molecule has 0 bridgehead atoms. The molecule has 8 heteroatoms. The average molecular weight is 443 g/mol. The molecule has 3 fully saturated rings. The van der Waals surface area contributed by atoms with Crippen LogP contribution < -0.4 is 10.6 Å². The minimum atomic E-state index is -0.281. The molecular weight excluding hydrogens is 404 g/mol. The Morgan fingerprint density at radius 2 is 1.84 bits per heavy atom. The van der Waals surface area contributed by atoms with Gasteiger partial charge in [0.05, 0.1) is 12.0 Å². The fourth-order valence-corrected chi connectivity index (χ4v) is 5.49. The monoisotopic (exact) mass is 442 g/mol. The molecule has 0 spiro atoms. The maximum Gasteiger partial charge on any atom is 0.239 e. The van der Waals surface area contributed by atoms with Crippen LogP contribution in [0.4, 0.5) is 5.82 Å². The summed E-state index contributed by atoms with van der Waals surface area (Å²) >= 11 is 0. The maximum absolute atomic E-state index is 13.1. The Kier molecular flexibility index (Phi) is 7.63. The quantitative estimate of drug-likeness (QED) is 0.708. The van der Waals surface area contributed by atoms with Crippen LogP contribution in [0.25, 0.3) is 0 Å². The molecule has 1 aromatic rings. The van der Waals surface area contributed by atoms with E-state index < -0.39 is 0 Å². The minimum absolute atomic E-state index is 0.134. The Bertz CT molecular complexity index is 767. The second-order valence-corrected chi connectivity index (χ2v) is 9.68. The van der Waals surface area contributed by atoms with Crippen LogP contribution in [-0.2, 0) is 9.59 Å². The van der Waals surface area contributed by atoms with Crippen molar-refractivity contribution in [2.45, 2.75) is 38.6 Å². The summed E-state index contributed by atoms with van der Waals surface area (Å²) in [6, 6.07) is 5.96. The van der Waals surface area contributed by atoms with Crippen LogP contribution in [0, 0.1) is 11.8 Å². The van der Waals surface area contributed by atoms with Crippen molar-refractivity contribution in [1.29, 1.82) is 0 Å². The van der Waals surface area contributed by atoms with Crippen LogP contribution in [0.1, 0.15) is 32.6 Å². The molecule has 0 radical (unpaired) electrons. The van der Waals surface area contributed by atoms with Crippen molar-refractivity contribution in [3.8, 4) is 0 Å². The highest BCUT2D eigenvalue weighted by molar-refractivity contribution is 5.83. The van der Waals surface area contributed by atoms with E-state index in [2.05, 4.69) is 25.8 Å². The molecule has 0 saturated carbocycles. The van der Waals surface area contributed by atoms with E-state index in [9.17, 15) is 9.59 Å². The first kappa shape index (κ1) is 23.0. The van der Waals surface area contributed by atoms with Gasteiger partial charge in [-0.3, -0.25) is 19.4 Å². The van der Waals surface area contributed by atoms with Crippen LogP contribution in [0.5, 0.6) is 0 Å². The van der Waals surface area contributed by atoms with Crippen LogP contribution >= 0.6 is 0 Å². The number of carbonyl (C=O) groups excluding carboxylic acids is 2. The molecule has 4 rings (SSSR count). The number of primary amides is 1. The first-order valence-corrected chi connectivity index (χ1v) is 12.2. The first-order valence-electron chi connectivity index (χ1n) is 12.2. The van der Waals surface area contributed by atoms with E-state index in [-0.39, 0.29) is 23.8 Å². The van der Waals surface area contributed by atoms with E-state index in [1.165, 1.54) is 6.42 Å². The fraction of sp³-hybridized carbons (Fsp3) is 0.708. The number of nitrogens with two attached hydrogens (primary N) is 1. The van der Waals surface area contributed by atoms with E-state index in [0.29, 0.717) is 12.5 Å².